The Hall–Kier alpha value is -2.27. The quantitative estimate of drug-likeness (QED) is 0.883. The van der Waals surface area contributed by atoms with E-state index in [1.54, 1.807) is 31.3 Å². The van der Waals surface area contributed by atoms with Crippen LogP contribution >= 0.6 is 11.6 Å². The van der Waals surface area contributed by atoms with Crippen LogP contribution in [-0.2, 0) is 4.79 Å². The third-order valence-electron chi connectivity index (χ3n) is 2.90. The third kappa shape index (κ3) is 3.86. The van der Waals surface area contributed by atoms with E-state index >= 15 is 0 Å². The number of carbonyl (C=O) groups is 1. The first-order valence-electron chi connectivity index (χ1n) is 6.17. The van der Waals surface area contributed by atoms with Crippen molar-refractivity contribution in [1.82, 2.24) is 0 Å². The van der Waals surface area contributed by atoms with E-state index in [1.807, 2.05) is 0 Å². The highest BCUT2D eigenvalue weighted by Crippen LogP contribution is 2.25. The van der Waals surface area contributed by atoms with E-state index in [-0.39, 0.29) is 23.3 Å². The Morgan fingerprint density at radius 3 is 2.57 bits per heavy atom. The summed E-state index contributed by atoms with van der Waals surface area (Å²) < 4.78 is 18.2. The van der Waals surface area contributed by atoms with Gasteiger partial charge >= 0.3 is 0 Å². The molecule has 21 heavy (non-hydrogen) atoms. The van der Waals surface area contributed by atoms with Crippen LogP contribution in [0.1, 0.15) is 0 Å². The summed E-state index contributed by atoms with van der Waals surface area (Å²) in [7, 11) is 1.63. The minimum Gasteiger partial charge on any atom is -0.482 e. The van der Waals surface area contributed by atoms with Crippen molar-refractivity contribution >= 4 is 28.9 Å². The SMILES string of the molecule is CN(C(=O)COc1ccc(F)cc1Cl)c1ccc(N)cc1. The lowest BCUT2D eigenvalue weighted by Gasteiger charge is -2.18. The molecule has 0 aromatic heterocycles. The lowest BCUT2D eigenvalue weighted by molar-refractivity contribution is -0.120. The van der Waals surface area contributed by atoms with Gasteiger partial charge in [0.05, 0.1) is 5.02 Å². The predicted molar refractivity (Wildman–Crippen MR) is 81.2 cm³/mol. The first-order valence-corrected chi connectivity index (χ1v) is 6.55. The molecule has 0 bridgehead atoms. The Morgan fingerprint density at radius 1 is 1.29 bits per heavy atom. The second kappa shape index (κ2) is 6.45. The molecule has 0 saturated carbocycles. The van der Waals surface area contributed by atoms with Crippen molar-refractivity contribution in [3.05, 3.63) is 53.3 Å². The minimum absolute atomic E-state index is 0.123. The molecule has 0 heterocycles. The molecule has 0 aliphatic rings. The van der Waals surface area contributed by atoms with Crippen LogP contribution < -0.4 is 15.4 Å². The van der Waals surface area contributed by atoms with Crippen LogP contribution in [0.5, 0.6) is 5.75 Å². The molecule has 0 spiro atoms. The molecule has 2 rings (SSSR count). The van der Waals surface area contributed by atoms with E-state index in [0.717, 1.165) is 6.07 Å². The monoisotopic (exact) mass is 308 g/mol. The van der Waals surface area contributed by atoms with Gasteiger partial charge in [-0.05, 0) is 42.5 Å². The molecule has 0 fully saturated rings. The van der Waals surface area contributed by atoms with Crippen molar-refractivity contribution in [1.29, 1.82) is 0 Å². The zero-order valence-electron chi connectivity index (χ0n) is 11.3. The lowest BCUT2D eigenvalue weighted by Crippen LogP contribution is -2.31. The highest BCUT2D eigenvalue weighted by Gasteiger charge is 2.13. The number of hydrogen-bond acceptors (Lipinski definition) is 3. The summed E-state index contributed by atoms with van der Waals surface area (Å²) in [4.78, 5) is 13.5. The second-order valence-corrected chi connectivity index (χ2v) is 4.81. The second-order valence-electron chi connectivity index (χ2n) is 4.41. The van der Waals surface area contributed by atoms with Gasteiger partial charge in [0.1, 0.15) is 11.6 Å². The lowest BCUT2D eigenvalue weighted by atomic mass is 10.2. The molecule has 0 aliphatic heterocycles. The largest absolute Gasteiger partial charge is 0.482 e. The van der Waals surface area contributed by atoms with E-state index in [0.29, 0.717) is 11.4 Å². The Balaban J connectivity index is 1.99. The third-order valence-corrected chi connectivity index (χ3v) is 3.19. The van der Waals surface area contributed by atoms with Gasteiger partial charge in [0.15, 0.2) is 6.61 Å². The summed E-state index contributed by atoms with van der Waals surface area (Å²) in [5, 5.41) is 0.123. The summed E-state index contributed by atoms with van der Waals surface area (Å²) >= 11 is 5.82. The van der Waals surface area contributed by atoms with Crippen LogP contribution in [-0.4, -0.2) is 19.6 Å². The van der Waals surface area contributed by atoms with Crippen LogP contribution in [0.3, 0.4) is 0 Å². The van der Waals surface area contributed by atoms with Crippen molar-refractivity contribution in [3.63, 3.8) is 0 Å². The molecule has 2 aromatic rings. The first-order chi connectivity index (χ1) is 9.97. The van der Waals surface area contributed by atoms with Gasteiger partial charge in [-0.25, -0.2) is 4.39 Å². The van der Waals surface area contributed by atoms with Crippen molar-refractivity contribution in [2.24, 2.45) is 0 Å². The van der Waals surface area contributed by atoms with Crippen molar-refractivity contribution < 1.29 is 13.9 Å². The van der Waals surface area contributed by atoms with Crippen molar-refractivity contribution in [2.45, 2.75) is 0 Å². The molecular formula is C15H14ClFN2O2. The molecule has 0 unspecified atom stereocenters. The summed E-state index contributed by atoms with van der Waals surface area (Å²) in [6, 6.07) is 10.6. The molecule has 4 nitrogen and oxygen atoms in total. The van der Waals surface area contributed by atoms with Crippen molar-refractivity contribution in [2.75, 3.05) is 24.3 Å². The fourth-order valence-corrected chi connectivity index (χ4v) is 1.89. The van der Waals surface area contributed by atoms with E-state index in [4.69, 9.17) is 22.1 Å². The highest BCUT2D eigenvalue weighted by atomic mass is 35.5. The standard InChI is InChI=1S/C15H14ClFN2O2/c1-19(12-5-3-11(18)4-6-12)15(20)9-21-14-7-2-10(17)8-13(14)16/h2-8H,9,18H2,1H3. The molecular weight excluding hydrogens is 295 g/mol. The smallest absolute Gasteiger partial charge is 0.264 e. The van der Waals surface area contributed by atoms with Crippen LogP contribution in [0.2, 0.25) is 5.02 Å². The first kappa shape index (κ1) is 15.1. The number of likely N-dealkylation sites (N-methyl/N-ethyl adjacent to an activating group) is 1. The molecule has 110 valence electrons. The number of halogens is 2. The Kier molecular flexibility index (Phi) is 4.65. The van der Waals surface area contributed by atoms with Gasteiger partial charge in [-0.15, -0.1) is 0 Å². The number of carbonyl (C=O) groups excluding carboxylic acids is 1. The summed E-state index contributed by atoms with van der Waals surface area (Å²) in [6.45, 7) is -0.202. The molecule has 0 atom stereocenters. The van der Waals surface area contributed by atoms with Crippen LogP contribution in [0.25, 0.3) is 0 Å². The number of anilines is 2. The van der Waals surface area contributed by atoms with E-state index in [2.05, 4.69) is 0 Å². The Morgan fingerprint density at radius 2 is 1.95 bits per heavy atom. The molecule has 0 radical (unpaired) electrons. The Bertz CT molecular complexity index is 647. The molecule has 2 N–H and O–H groups in total. The van der Waals surface area contributed by atoms with E-state index in [9.17, 15) is 9.18 Å². The average Bonchev–Trinajstić information content (AvgIpc) is 2.46. The molecule has 6 heteroatoms. The maximum atomic E-state index is 12.9. The minimum atomic E-state index is -0.460. The summed E-state index contributed by atoms with van der Waals surface area (Å²) in [5.74, 6) is -0.463. The predicted octanol–water partition coefficient (Wildman–Crippen LogP) is 3.10. The van der Waals surface area contributed by atoms with Crippen LogP contribution in [0.15, 0.2) is 42.5 Å². The number of hydrogen-bond donors (Lipinski definition) is 1. The molecule has 1 amide bonds. The topological polar surface area (TPSA) is 55.6 Å². The number of ether oxygens (including phenoxy) is 1. The van der Waals surface area contributed by atoms with E-state index in [1.165, 1.54) is 17.0 Å². The fourth-order valence-electron chi connectivity index (χ4n) is 1.67. The maximum Gasteiger partial charge on any atom is 0.264 e. The zero-order chi connectivity index (χ0) is 15.4. The van der Waals surface area contributed by atoms with Gasteiger partial charge in [0, 0.05) is 18.4 Å². The van der Waals surface area contributed by atoms with Crippen LogP contribution in [0, 0.1) is 5.82 Å². The number of nitrogen functional groups attached to an aromatic ring is 1. The molecule has 2 aromatic carbocycles. The summed E-state index contributed by atoms with van der Waals surface area (Å²) in [6.07, 6.45) is 0. The van der Waals surface area contributed by atoms with Gasteiger partial charge < -0.3 is 15.4 Å². The Labute approximate surface area is 126 Å². The fraction of sp³-hybridized carbons (Fsp3) is 0.133. The number of nitrogens with two attached hydrogens (primary N) is 1. The van der Waals surface area contributed by atoms with Gasteiger partial charge in [0.2, 0.25) is 0 Å². The molecule has 0 aliphatic carbocycles. The normalized spacial score (nSPS) is 10.2. The van der Waals surface area contributed by atoms with Gasteiger partial charge in [-0.1, -0.05) is 11.6 Å². The maximum absolute atomic E-state index is 12.9. The zero-order valence-corrected chi connectivity index (χ0v) is 12.1. The van der Waals surface area contributed by atoms with E-state index < -0.39 is 5.82 Å². The van der Waals surface area contributed by atoms with Gasteiger partial charge in [0.25, 0.3) is 5.91 Å². The summed E-state index contributed by atoms with van der Waals surface area (Å²) in [5.41, 5.74) is 6.91. The highest BCUT2D eigenvalue weighted by molar-refractivity contribution is 6.32. The average molecular weight is 309 g/mol. The van der Waals surface area contributed by atoms with Gasteiger partial charge in [-0.3, -0.25) is 4.79 Å². The van der Waals surface area contributed by atoms with Crippen LogP contribution in [0.4, 0.5) is 15.8 Å². The number of benzene rings is 2. The number of nitrogens with zero attached hydrogens (tertiary/aromatic N) is 1. The van der Waals surface area contributed by atoms with Crippen molar-refractivity contribution in [3.8, 4) is 5.75 Å². The number of amides is 1. The molecule has 0 saturated heterocycles. The van der Waals surface area contributed by atoms with Gasteiger partial charge in [-0.2, -0.15) is 0 Å². The number of rotatable bonds is 4.